The van der Waals surface area contributed by atoms with E-state index in [9.17, 15) is 9.59 Å². The number of aliphatic carboxylic acids is 1. The number of primary amides is 1. The lowest BCUT2D eigenvalue weighted by Crippen LogP contribution is -2.59. The normalized spacial score (nSPS) is 24.3. The highest BCUT2D eigenvalue weighted by Gasteiger charge is 2.38. The monoisotopic (exact) mass is 230 g/mol. The Morgan fingerprint density at radius 3 is 2.56 bits per heavy atom. The van der Waals surface area contributed by atoms with Gasteiger partial charge < -0.3 is 15.6 Å². The number of carbonyl (C=O) groups excluding carboxylic acids is 1. The average Bonchev–Trinajstić information content (AvgIpc) is 2.17. The van der Waals surface area contributed by atoms with Gasteiger partial charge >= 0.3 is 5.97 Å². The van der Waals surface area contributed by atoms with Crippen molar-refractivity contribution in [3.8, 4) is 0 Å². The SMILES string of the molecule is CC(C)C(C(=O)O)N1CCOCC1C(N)=O. The minimum Gasteiger partial charge on any atom is -0.480 e. The third kappa shape index (κ3) is 2.70. The molecule has 1 heterocycles. The fraction of sp³-hybridized carbons (Fsp3) is 0.800. The third-order valence-electron chi connectivity index (χ3n) is 2.74. The van der Waals surface area contributed by atoms with Crippen LogP contribution in [0.2, 0.25) is 0 Å². The molecule has 1 aliphatic rings. The molecule has 92 valence electrons. The molecule has 0 aromatic heterocycles. The summed E-state index contributed by atoms with van der Waals surface area (Å²) < 4.78 is 5.15. The van der Waals surface area contributed by atoms with Gasteiger partial charge in [-0.15, -0.1) is 0 Å². The van der Waals surface area contributed by atoms with Crippen LogP contribution in [-0.4, -0.2) is 53.7 Å². The molecule has 1 saturated heterocycles. The van der Waals surface area contributed by atoms with Crippen LogP contribution in [0.3, 0.4) is 0 Å². The number of ether oxygens (including phenoxy) is 1. The molecule has 6 heteroatoms. The molecule has 1 rings (SSSR count). The van der Waals surface area contributed by atoms with E-state index in [0.717, 1.165) is 0 Å². The largest absolute Gasteiger partial charge is 0.480 e. The number of rotatable bonds is 4. The number of hydrogen-bond donors (Lipinski definition) is 2. The summed E-state index contributed by atoms with van der Waals surface area (Å²) in [5, 5.41) is 9.16. The van der Waals surface area contributed by atoms with Crippen LogP contribution in [0.5, 0.6) is 0 Å². The zero-order valence-electron chi connectivity index (χ0n) is 9.55. The molecule has 1 amide bonds. The molecule has 0 aromatic carbocycles. The molecule has 0 saturated carbocycles. The van der Waals surface area contributed by atoms with Crippen LogP contribution in [0.1, 0.15) is 13.8 Å². The van der Waals surface area contributed by atoms with Gasteiger partial charge in [-0.2, -0.15) is 0 Å². The van der Waals surface area contributed by atoms with Crippen molar-refractivity contribution in [3.05, 3.63) is 0 Å². The van der Waals surface area contributed by atoms with E-state index >= 15 is 0 Å². The van der Waals surface area contributed by atoms with Gasteiger partial charge in [-0.25, -0.2) is 0 Å². The van der Waals surface area contributed by atoms with Crippen molar-refractivity contribution in [2.75, 3.05) is 19.8 Å². The number of hydrogen-bond acceptors (Lipinski definition) is 4. The van der Waals surface area contributed by atoms with Gasteiger partial charge in [-0.1, -0.05) is 13.8 Å². The lowest BCUT2D eigenvalue weighted by atomic mass is 10.00. The second-order valence-electron chi connectivity index (χ2n) is 4.26. The van der Waals surface area contributed by atoms with Gasteiger partial charge in [0, 0.05) is 6.54 Å². The Hall–Kier alpha value is -1.14. The first-order chi connectivity index (χ1) is 7.45. The lowest BCUT2D eigenvalue weighted by molar-refractivity contribution is -0.152. The molecule has 1 aliphatic heterocycles. The summed E-state index contributed by atoms with van der Waals surface area (Å²) in [6.07, 6.45) is 0. The summed E-state index contributed by atoms with van der Waals surface area (Å²) in [6.45, 7) is 4.65. The van der Waals surface area contributed by atoms with Crippen molar-refractivity contribution in [1.82, 2.24) is 4.90 Å². The van der Waals surface area contributed by atoms with Crippen LogP contribution in [0.4, 0.5) is 0 Å². The van der Waals surface area contributed by atoms with E-state index in [2.05, 4.69) is 0 Å². The first kappa shape index (κ1) is 12.9. The third-order valence-corrected chi connectivity index (χ3v) is 2.74. The molecule has 1 fully saturated rings. The van der Waals surface area contributed by atoms with Crippen LogP contribution >= 0.6 is 0 Å². The number of carboxylic acids is 1. The van der Waals surface area contributed by atoms with Crippen molar-refractivity contribution in [2.24, 2.45) is 11.7 Å². The van der Waals surface area contributed by atoms with Gasteiger partial charge in [0.15, 0.2) is 0 Å². The number of nitrogens with zero attached hydrogens (tertiary/aromatic N) is 1. The Morgan fingerprint density at radius 1 is 1.50 bits per heavy atom. The van der Waals surface area contributed by atoms with Gasteiger partial charge in [-0.3, -0.25) is 14.5 Å². The predicted molar refractivity (Wildman–Crippen MR) is 56.8 cm³/mol. The Bertz CT molecular complexity index is 280. The van der Waals surface area contributed by atoms with E-state index in [-0.39, 0.29) is 12.5 Å². The van der Waals surface area contributed by atoms with E-state index in [1.807, 2.05) is 13.8 Å². The fourth-order valence-electron chi connectivity index (χ4n) is 2.00. The summed E-state index contributed by atoms with van der Waals surface area (Å²) in [5.41, 5.74) is 5.24. The van der Waals surface area contributed by atoms with Gasteiger partial charge in [0.05, 0.1) is 13.2 Å². The number of nitrogens with two attached hydrogens (primary N) is 1. The zero-order valence-corrected chi connectivity index (χ0v) is 9.55. The molecule has 0 aliphatic carbocycles. The molecule has 2 atom stereocenters. The molecule has 0 radical (unpaired) electrons. The van der Waals surface area contributed by atoms with Crippen LogP contribution in [-0.2, 0) is 14.3 Å². The maximum atomic E-state index is 11.2. The van der Waals surface area contributed by atoms with E-state index in [0.29, 0.717) is 13.2 Å². The maximum absolute atomic E-state index is 11.2. The summed E-state index contributed by atoms with van der Waals surface area (Å²) in [5.74, 6) is -1.55. The summed E-state index contributed by atoms with van der Waals surface area (Å²) in [4.78, 5) is 24.0. The molecule has 2 unspecified atom stereocenters. The highest BCUT2D eigenvalue weighted by Crippen LogP contribution is 2.17. The molecular weight excluding hydrogens is 212 g/mol. The second-order valence-corrected chi connectivity index (χ2v) is 4.26. The van der Waals surface area contributed by atoms with Crippen LogP contribution in [0.25, 0.3) is 0 Å². The van der Waals surface area contributed by atoms with Gasteiger partial charge in [0.2, 0.25) is 5.91 Å². The standard InChI is InChI=1S/C10H18N2O4/c1-6(2)8(10(14)15)12-3-4-16-5-7(12)9(11)13/h6-8H,3-5H2,1-2H3,(H2,11,13)(H,14,15). The van der Waals surface area contributed by atoms with E-state index in [1.165, 1.54) is 0 Å². The summed E-state index contributed by atoms with van der Waals surface area (Å²) >= 11 is 0. The highest BCUT2D eigenvalue weighted by molar-refractivity contribution is 5.82. The lowest BCUT2D eigenvalue weighted by Gasteiger charge is -2.38. The van der Waals surface area contributed by atoms with Crippen molar-refractivity contribution in [2.45, 2.75) is 25.9 Å². The minimum absolute atomic E-state index is 0.0857. The molecule has 0 spiro atoms. The van der Waals surface area contributed by atoms with E-state index < -0.39 is 24.0 Å². The van der Waals surface area contributed by atoms with Crippen LogP contribution in [0, 0.1) is 5.92 Å². The number of morpholine rings is 1. The van der Waals surface area contributed by atoms with Gasteiger partial charge in [0.25, 0.3) is 0 Å². The maximum Gasteiger partial charge on any atom is 0.321 e. The number of carboxylic acid groups (broad SMARTS) is 1. The average molecular weight is 230 g/mol. The fourth-order valence-corrected chi connectivity index (χ4v) is 2.00. The Labute approximate surface area is 94.3 Å². The molecular formula is C10H18N2O4. The van der Waals surface area contributed by atoms with Crippen LogP contribution < -0.4 is 5.73 Å². The quantitative estimate of drug-likeness (QED) is 0.665. The van der Waals surface area contributed by atoms with Gasteiger partial charge in [0.1, 0.15) is 12.1 Å². The predicted octanol–water partition coefficient (Wildman–Crippen LogP) is -0.718. The van der Waals surface area contributed by atoms with Crippen molar-refractivity contribution < 1.29 is 19.4 Å². The van der Waals surface area contributed by atoms with E-state index in [1.54, 1.807) is 4.90 Å². The van der Waals surface area contributed by atoms with Crippen molar-refractivity contribution in [3.63, 3.8) is 0 Å². The Morgan fingerprint density at radius 2 is 2.12 bits per heavy atom. The minimum atomic E-state index is -0.928. The molecule has 6 nitrogen and oxygen atoms in total. The van der Waals surface area contributed by atoms with Crippen LogP contribution in [0.15, 0.2) is 0 Å². The molecule has 3 N–H and O–H groups in total. The number of amides is 1. The highest BCUT2D eigenvalue weighted by atomic mass is 16.5. The van der Waals surface area contributed by atoms with Gasteiger partial charge in [-0.05, 0) is 5.92 Å². The first-order valence-electron chi connectivity index (χ1n) is 5.30. The van der Waals surface area contributed by atoms with Crippen molar-refractivity contribution in [1.29, 1.82) is 0 Å². The Balaban J connectivity index is 2.87. The molecule has 0 aromatic rings. The topological polar surface area (TPSA) is 92.9 Å². The summed E-state index contributed by atoms with van der Waals surface area (Å²) in [6, 6.07) is -1.33. The van der Waals surface area contributed by atoms with Crippen molar-refractivity contribution >= 4 is 11.9 Å². The number of carbonyl (C=O) groups is 2. The Kier molecular flexibility index (Phi) is 4.26. The first-order valence-corrected chi connectivity index (χ1v) is 5.30. The van der Waals surface area contributed by atoms with E-state index in [4.69, 9.17) is 15.6 Å². The molecule has 0 bridgehead atoms. The zero-order chi connectivity index (χ0) is 12.3. The smallest absolute Gasteiger partial charge is 0.321 e. The summed E-state index contributed by atoms with van der Waals surface area (Å²) in [7, 11) is 0. The second kappa shape index (κ2) is 5.27. The molecule has 16 heavy (non-hydrogen) atoms.